The molecule has 1 aliphatic heterocycles. The van der Waals surface area contributed by atoms with E-state index in [2.05, 4.69) is 4.99 Å². The van der Waals surface area contributed by atoms with Crippen LogP contribution in [-0.4, -0.2) is 29.0 Å². The molecule has 0 bridgehead atoms. The lowest BCUT2D eigenvalue weighted by Crippen LogP contribution is -2.29. The van der Waals surface area contributed by atoms with E-state index in [-0.39, 0.29) is 24.8 Å². The predicted octanol–water partition coefficient (Wildman–Crippen LogP) is 2.10. The molecule has 0 saturated carbocycles. The van der Waals surface area contributed by atoms with E-state index < -0.39 is 12.0 Å². The smallest absolute Gasteiger partial charge is 0.320 e. The fourth-order valence-corrected chi connectivity index (χ4v) is 2.13. The summed E-state index contributed by atoms with van der Waals surface area (Å²) in [5.74, 6) is -0.142. The number of rotatable bonds is 6. The average Bonchev–Trinajstić information content (AvgIpc) is 2.48. The topological polar surface area (TPSA) is 102 Å². The Balaban J connectivity index is 0. The number of nitrogens with zero attached hydrogens (tertiary/aromatic N) is 1. The zero-order valence-electron chi connectivity index (χ0n) is 11.1. The third kappa shape index (κ3) is 9.08. The first-order chi connectivity index (χ1) is 8.09. The highest BCUT2D eigenvalue weighted by Crippen LogP contribution is 2.17. The minimum Gasteiger partial charge on any atom is -0.480 e. The second kappa shape index (κ2) is 11.3. The van der Waals surface area contributed by atoms with Gasteiger partial charge in [-0.05, 0) is 25.7 Å². The van der Waals surface area contributed by atoms with E-state index in [0.29, 0.717) is 12.5 Å². The lowest BCUT2D eigenvalue weighted by atomic mass is 10.0. The standard InChI is InChI=1S/C12H23N3O2.2ClH/c13-10(12(16)17)7-3-1-5-9-6-2-4-8-11(14)15-9;;/h9-10H,1-8,13H2,(H2,14,15)(H,16,17);2*1H/t9?,10-;;/m0../s1. The Kier molecular flexibility index (Phi) is 12.4. The molecule has 0 radical (unpaired) electrons. The quantitative estimate of drug-likeness (QED) is 0.653. The molecule has 2 atom stereocenters. The molecule has 0 aliphatic carbocycles. The van der Waals surface area contributed by atoms with Crippen LogP contribution in [-0.2, 0) is 4.79 Å². The first-order valence-electron chi connectivity index (χ1n) is 6.40. The Hall–Kier alpha value is -0.520. The number of nitrogens with two attached hydrogens (primary N) is 2. The van der Waals surface area contributed by atoms with Crippen molar-refractivity contribution in [2.75, 3.05) is 0 Å². The average molecular weight is 314 g/mol. The van der Waals surface area contributed by atoms with Crippen LogP contribution in [0.3, 0.4) is 0 Å². The van der Waals surface area contributed by atoms with E-state index >= 15 is 0 Å². The van der Waals surface area contributed by atoms with Gasteiger partial charge in [-0.1, -0.05) is 19.3 Å². The number of hydrogen-bond acceptors (Lipinski definition) is 4. The number of aliphatic imine (C=N–C) groups is 1. The van der Waals surface area contributed by atoms with Crippen LogP contribution in [0.15, 0.2) is 4.99 Å². The van der Waals surface area contributed by atoms with Gasteiger partial charge in [0, 0.05) is 6.42 Å². The molecule has 5 nitrogen and oxygen atoms in total. The number of carboxylic acids is 1. The van der Waals surface area contributed by atoms with E-state index in [9.17, 15) is 4.79 Å². The highest BCUT2D eigenvalue weighted by Gasteiger charge is 2.13. The number of hydrogen-bond donors (Lipinski definition) is 3. The molecule has 19 heavy (non-hydrogen) atoms. The van der Waals surface area contributed by atoms with Crippen molar-refractivity contribution in [1.82, 2.24) is 0 Å². The van der Waals surface area contributed by atoms with Crippen LogP contribution in [0.25, 0.3) is 0 Å². The minimum atomic E-state index is -0.915. The molecule has 0 saturated heterocycles. The largest absolute Gasteiger partial charge is 0.480 e. The van der Waals surface area contributed by atoms with Gasteiger partial charge < -0.3 is 16.6 Å². The molecule has 0 fully saturated rings. The van der Waals surface area contributed by atoms with Crippen LogP contribution in [0, 0.1) is 0 Å². The summed E-state index contributed by atoms with van der Waals surface area (Å²) in [5, 5.41) is 8.64. The summed E-state index contributed by atoms with van der Waals surface area (Å²) in [5.41, 5.74) is 11.2. The first kappa shape index (κ1) is 20.8. The normalized spacial score (nSPS) is 20.3. The van der Waals surface area contributed by atoms with Gasteiger partial charge in [0.05, 0.1) is 11.9 Å². The molecule has 0 spiro atoms. The third-order valence-electron chi connectivity index (χ3n) is 3.19. The van der Waals surface area contributed by atoms with Gasteiger partial charge in [-0.2, -0.15) is 0 Å². The Morgan fingerprint density at radius 2 is 2.05 bits per heavy atom. The van der Waals surface area contributed by atoms with Gasteiger partial charge in [0.25, 0.3) is 0 Å². The van der Waals surface area contributed by atoms with Crippen LogP contribution in [0.1, 0.15) is 51.4 Å². The molecule has 0 amide bonds. The number of aliphatic carboxylic acids is 1. The van der Waals surface area contributed by atoms with Crippen molar-refractivity contribution in [3.63, 3.8) is 0 Å². The van der Waals surface area contributed by atoms with Gasteiger partial charge in [-0.3, -0.25) is 9.79 Å². The summed E-state index contributed by atoms with van der Waals surface area (Å²) in [4.78, 5) is 15.0. The second-order valence-electron chi connectivity index (χ2n) is 4.75. The lowest BCUT2D eigenvalue weighted by molar-refractivity contribution is -0.138. The van der Waals surface area contributed by atoms with E-state index in [4.69, 9.17) is 16.6 Å². The van der Waals surface area contributed by atoms with Gasteiger partial charge >= 0.3 is 5.97 Å². The fraction of sp³-hybridized carbons (Fsp3) is 0.833. The third-order valence-corrected chi connectivity index (χ3v) is 3.19. The zero-order chi connectivity index (χ0) is 12.7. The van der Waals surface area contributed by atoms with Gasteiger partial charge in [0.1, 0.15) is 6.04 Å². The maximum atomic E-state index is 10.5. The van der Waals surface area contributed by atoms with E-state index in [1.54, 1.807) is 0 Å². The molecular formula is C12H25Cl2N3O2. The Labute approximate surface area is 127 Å². The van der Waals surface area contributed by atoms with Gasteiger partial charge in [0.2, 0.25) is 0 Å². The van der Waals surface area contributed by atoms with Crippen molar-refractivity contribution >= 4 is 36.6 Å². The van der Waals surface area contributed by atoms with Crippen molar-refractivity contribution in [3.05, 3.63) is 0 Å². The maximum absolute atomic E-state index is 10.5. The molecule has 1 aliphatic rings. The monoisotopic (exact) mass is 313 g/mol. The van der Waals surface area contributed by atoms with Crippen LogP contribution >= 0.6 is 24.8 Å². The SMILES string of the molecule is Cl.Cl.NC1=NC(CCCC[C@H](N)C(=O)O)CCCC1. The summed E-state index contributed by atoms with van der Waals surface area (Å²) >= 11 is 0. The Morgan fingerprint density at radius 1 is 1.37 bits per heavy atom. The van der Waals surface area contributed by atoms with Crippen molar-refractivity contribution in [2.45, 2.75) is 63.5 Å². The highest BCUT2D eigenvalue weighted by atomic mass is 35.5. The molecule has 0 aromatic carbocycles. The molecular weight excluding hydrogens is 289 g/mol. The van der Waals surface area contributed by atoms with E-state index in [0.717, 1.165) is 44.4 Å². The molecule has 7 heteroatoms. The van der Waals surface area contributed by atoms with Crippen molar-refractivity contribution in [3.8, 4) is 0 Å². The van der Waals surface area contributed by atoms with Crippen molar-refractivity contribution in [2.24, 2.45) is 16.5 Å². The molecule has 114 valence electrons. The number of halogens is 2. The molecule has 0 aromatic heterocycles. The molecule has 0 aromatic rings. The summed E-state index contributed by atoms with van der Waals surface area (Å²) in [6, 6.07) is -0.392. The Morgan fingerprint density at radius 3 is 2.68 bits per heavy atom. The van der Waals surface area contributed by atoms with Crippen LogP contribution in [0.5, 0.6) is 0 Å². The van der Waals surface area contributed by atoms with Crippen LogP contribution < -0.4 is 11.5 Å². The second-order valence-corrected chi connectivity index (χ2v) is 4.75. The van der Waals surface area contributed by atoms with Crippen LogP contribution in [0.4, 0.5) is 0 Å². The predicted molar refractivity (Wildman–Crippen MR) is 82.5 cm³/mol. The van der Waals surface area contributed by atoms with E-state index in [1.807, 2.05) is 0 Å². The number of amidine groups is 1. The summed E-state index contributed by atoms with van der Waals surface area (Å²) in [6.07, 6.45) is 7.70. The summed E-state index contributed by atoms with van der Waals surface area (Å²) in [6.45, 7) is 0. The van der Waals surface area contributed by atoms with Gasteiger partial charge in [-0.15, -0.1) is 24.8 Å². The van der Waals surface area contributed by atoms with Crippen molar-refractivity contribution in [1.29, 1.82) is 0 Å². The van der Waals surface area contributed by atoms with Gasteiger partial charge in [-0.25, -0.2) is 0 Å². The molecule has 1 rings (SSSR count). The molecule has 1 unspecified atom stereocenters. The van der Waals surface area contributed by atoms with Crippen molar-refractivity contribution < 1.29 is 9.90 Å². The first-order valence-corrected chi connectivity index (χ1v) is 6.40. The molecule has 1 heterocycles. The highest BCUT2D eigenvalue weighted by molar-refractivity contribution is 5.85. The van der Waals surface area contributed by atoms with Gasteiger partial charge in [0.15, 0.2) is 0 Å². The Bertz CT molecular complexity index is 288. The summed E-state index contributed by atoms with van der Waals surface area (Å²) in [7, 11) is 0. The summed E-state index contributed by atoms with van der Waals surface area (Å²) < 4.78 is 0. The van der Waals surface area contributed by atoms with E-state index in [1.165, 1.54) is 6.42 Å². The minimum absolute atomic E-state index is 0. The maximum Gasteiger partial charge on any atom is 0.320 e. The van der Waals surface area contributed by atoms with Crippen LogP contribution in [0.2, 0.25) is 0 Å². The number of carbonyl (C=O) groups is 1. The number of unbranched alkanes of at least 4 members (excludes halogenated alkanes) is 1. The lowest BCUT2D eigenvalue weighted by Gasteiger charge is -2.11. The fourth-order valence-electron chi connectivity index (χ4n) is 2.13. The molecule has 5 N–H and O–H groups in total. The zero-order valence-corrected chi connectivity index (χ0v) is 12.7. The number of carboxylic acid groups (broad SMARTS) is 1.